The van der Waals surface area contributed by atoms with Gasteiger partial charge in [0, 0.05) is 31.2 Å². The molecule has 1 aromatic carbocycles. The summed E-state index contributed by atoms with van der Waals surface area (Å²) in [5.74, 6) is 0.884. The summed E-state index contributed by atoms with van der Waals surface area (Å²) < 4.78 is 5.49. The topological polar surface area (TPSA) is 62.5 Å². The van der Waals surface area contributed by atoms with Crippen molar-refractivity contribution >= 4 is 11.9 Å². The van der Waals surface area contributed by atoms with E-state index in [-0.39, 0.29) is 11.5 Å². The highest BCUT2D eigenvalue weighted by Crippen LogP contribution is 2.42. The van der Waals surface area contributed by atoms with Crippen molar-refractivity contribution in [1.82, 2.24) is 15.0 Å². The van der Waals surface area contributed by atoms with E-state index in [9.17, 15) is 4.79 Å². The number of carbonyl (C=O) groups excluding carboxylic acids is 1. The standard InChI is InChI=1S/C19H24N4O2/c1-14(2)23-11-6-9-19(17(23)24)10-12-22(13-19)18-20-16(21-25-18)15-7-4-3-5-8-15/h3-5,7-8,14H,6,9-13H2,1-2H3/t19-/m1/s1. The van der Waals surface area contributed by atoms with Gasteiger partial charge in [0.15, 0.2) is 0 Å². The SMILES string of the molecule is CC(C)N1CCC[C@]2(CCN(c3nc(-c4ccccc4)no3)C2)C1=O. The molecular formula is C19H24N4O2. The minimum atomic E-state index is -0.288. The number of rotatable bonds is 3. The summed E-state index contributed by atoms with van der Waals surface area (Å²) in [7, 11) is 0. The fourth-order valence-electron chi connectivity index (χ4n) is 4.06. The van der Waals surface area contributed by atoms with Crippen LogP contribution in [0.1, 0.15) is 33.1 Å². The van der Waals surface area contributed by atoms with Crippen molar-refractivity contribution in [1.29, 1.82) is 0 Å². The van der Waals surface area contributed by atoms with E-state index in [0.29, 0.717) is 24.3 Å². The van der Waals surface area contributed by atoms with E-state index in [2.05, 4.69) is 28.9 Å². The van der Waals surface area contributed by atoms with Crippen molar-refractivity contribution in [2.24, 2.45) is 5.41 Å². The molecule has 2 fully saturated rings. The number of benzene rings is 1. The number of likely N-dealkylation sites (tertiary alicyclic amines) is 1. The number of aromatic nitrogens is 2. The van der Waals surface area contributed by atoms with Gasteiger partial charge in [-0.15, -0.1) is 0 Å². The number of amides is 1. The van der Waals surface area contributed by atoms with Crippen LogP contribution in [-0.2, 0) is 4.79 Å². The highest BCUT2D eigenvalue weighted by atomic mass is 16.5. The normalized spacial score (nSPS) is 23.9. The largest absolute Gasteiger partial charge is 0.340 e. The molecule has 6 heteroatoms. The molecule has 0 unspecified atom stereocenters. The van der Waals surface area contributed by atoms with Gasteiger partial charge < -0.3 is 14.3 Å². The molecule has 0 radical (unpaired) electrons. The summed E-state index contributed by atoms with van der Waals surface area (Å²) in [4.78, 5) is 21.7. The van der Waals surface area contributed by atoms with Crippen molar-refractivity contribution in [2.45, 2.75) is 39.2 Å². The van der Waals surface area contributed by atoms with Crippen LogP contribution in [0.25, 0.3) is 11.4 Å². The van der Waals surface area contributed by atoms with Crippen molar-refractivity contribution in [3.63, 3.8) is 0 Å². The Hall–Kier alpha value is -2.37. The van der Waals surface area contributed by atoms with Crippen molar-refractivity contribution in [3.05, 3.63) is 30.3 Å². The highest BCUT2D eigenvalue weighted by Gasteiger charge is 2.49. The van der Waals surface area contributed by atoms with Crippen LogP contribution in [0.3, 0.4) is 0 Å². The zero-order valence-corrected chi connectivity index (χ0v) is 14.8. The summed E-state index contributed by atoms with van der Waals surface area (Å²) in [5.41, 5.74) is 0.648. The van der Waals surface area contributed by atoms with Crippen molar-refractivity contribution in [2.75, 3.05) is 24.5 Å². The summed E-state index contributed by atoms with van der Waals surface area (Å²) in [5, 5.41) is 4.10. The molecule has 1 spiro atoms. The van der Waals surface area contributed by atoms with E-state index in [4.69, 9.17) is 4.52 Å². The number of nitrogens with zero attached hydrogens (tertiary/aromatic N) is 4. The number of anilines is 1. The molecule has 132 valence electrons. The zero-order chi connectivity index (χ0) is 17.4. The first-order valence-corrected chi connectivity index (χ1v) is 9.04. The fourth-order valence-corrected chi connectivity index (χ4v) is 4.06. The number of piperidine rings is 1. The van der Waals surface area contributed by atoms with Crippen LogP contribution in [0.4, 0.5) is 6.01 Å². The fraction of sp³-hybridized carbons (Fsp3) is 0.526. The van der Waals surface area contributed by atoms with E-state index in [1.54, 1.807) is 0 Å². The predicted molar refractivity (Wildman–Crippen MR) is 95.1 cm³/mol. The number of hydrogen-bond donors (Lipinski definition) is 0. The monoisotopic (exact) mass is 340 g/mol. The summed E-state index contributed by atoms with van der Waals surface area (Å²) >= 11 is 0. The van der Waals surface area contributed by atoms with Gasteiger partial charge in [0.2, 0.25) is 11.7 Å². The van der Waals surface area contributed by atoms with Gasteiger partial charge in [0.1, 0.15) is 0 Å². The molecule has 3 heterocycles. The third-order valence-electron chi connectivity index (χ3n) is 5.46. The molecule has 2 saturated heterocycles. The second kappa shape index (κ2) is 6.17. The Bertz CT molecular complexity index is 758. The van der Waals surface area contributed by atoms with E-state index in [1.165, 1.54) is 0 Å². The smallest absolute Gasteiger partial charge is 0.324 e. The summed E-state index contributed by atoms with van der Waals surface area (Å²) in [6, 6.07) is 10.6. The van der Waals surface area contributed by atoms with Gasteiger partial charge >= 0.3 is 6.01 Å². The first-order chi connectivity index (χ1) is 12.1. The quantitative estimate of drug-likeness (QED) is 0.859. The van der Waals surface area contributed by atoms with Crippen LogP contribution in [0.2, 0.25) is 0 Å². The number of carbonyl (C=O) groups is 1. The third-order valence-corrected chi connectivity index (χ3v) is 5.46. The van der Waals surface area contributed by atoms with Crippen molar-refractivity contribution < 1.29 is 9.32 Å². The highest BCUT2D eigenvalue weighted by molar-refractivity contribution is 5.85. The Morgan fingerprint density at radius 2 is 1.96 bits per heavy atom. The van der Waals surface area contributed by atoms with Crippen LogP contribution in [0, 0.1) is 5.41 Å². The van der Waals surface area contributed by atoms with E-state index < -0.39 is 0 Å². The molecule has 6 nitrogen and oxygen atoms in total. The molecule has 2 aliphatic rings. The molecule has 0 aliphatic carbocycles. The molecule has 0 saturated carbocycles. The lowest BCUT2D eigenvalue weighted by Crippen LogP contribution is -2.52. The van der Waals surface area contributed by atoms with Crippen LogP contribution in [0.15, 0.2) is 34.9 Å². The predicted octanol–water partition coefficient (Wildman–Crippen LogP) is 2.96. The Morgan fingerprint density at radius 3 is 2.72 bits per heavy atom. The first kappa shape index (κ1) is 16.1. The van der Waals surface area contributed by atoms with Crippen LogP contribution >= 0.6 is 0 Å². The Morgan fingerprint density at radius 1 is 1.16 bits per heavy atom. The first-order valence-electron chi connectivity index (χ1n) is 9.04. The minimum Gasteiger partial charge on any atom is -0.340 e. The molecule has 4 rings (SSSR count). The number of hydrogen-bond acceptors (Lipinski definition) is 5. The third kappa shape index (κ3) is 2.79. The maximum Gasteiger partial charge on any atom is 0.324 e. The molecule has 1 atom stereocenters. The molecule has 2 aliphatic heterocycles. The van der Waals surface area contributed by atoms with E-state index in [1.807, 2.05) is 35.2 Å². The van der Waals surface area contributed by atoms with Crippen LogP contribution in [0.5, 0.6) is 0 Å². The van der Waals surface area contributed by atoms with Gasteiger partial charge in [0.25, 0.3) is 0 Å². The Balaban J connectivity index is 1.53. The van der Waals surface area contributed by atoms with Gasteiger partial charge in [-0.25, -0.2) is 0 Å². The Labute approximate surface area is 147 Å². The second-order valence-corrected chi connectivity index (χ2v) is 7.41. The molecule has 25 heavy (non-hydrogen) atoms. The van der Waals surface area contributed by atoms with Gasteiger partial charge in [-0.1, -0.05) is 35.5 Å². The van der Waals surface area contributed by atoms with E-state index >= 15 is 0 Å². The average molecular weight is 340 g/mol. The molecular weight excluding hydrogens is 316 g/mol. The summed E-state index contributed by atoms with van der Waals surface area (Å²) in [6.45, 7) is 6.51. The lowest BCUT2D eigenvalue weighted by atomic mass is 9.78. The molecule has 0 N–H and O–H groups in total. The maximum atomic E-state index is 13.0. The average Bonchev–Trinajstić information content (AvgIpc) is 3.26. The Kier molecular flexibility index (Phi) is 3.98. The lowest BCUT2D eigenvalue weighted by molar-refractivity contribution is -0.147. The van der Waals surface area contributed by atoms with Gasteiger partial charge in [-0.3, -0.25) is 4.79 Å². The lowest BCUT2D eigenvalue weighted by Gasteiger charge is -2.41. The maximum absolute atomic E-state index is 13.0. The zero-order valence-electron chi connectivity index (χ0n) is 14.8. The molecule has 1 amide bonds. The van der Waals surface area contributed by atoms with Crippen molar-refractivity contribution in [3.8, 4) is 11.4 Å². The summed E-state index contributed by atoms with van der Waals surface area (Å²) in [6.07, 6.45) is 2.88. The van der Waals surface area contributed by atoms with Crippen LogP contribution < -0.4 is 4.90 Å². The van der Waals surface area contributed by atoms with Gasteiger partial charge in [-0.05, 0) is 33.1 Å². The molecule has 2 aromatic rings. The minimum absolute atomic E-state index is 0.256. The van der Waals surface area contributed by atoms with Gasteiger partial charge in [0.05, 0.1) is 5.41 Å². The van der Waals surface area contributed by atoms with Crippen LogP contribution in [-0.4, -0.2) is 46.6 Å². The molecule has 1 aromatic heterocycles. The molecule has 0 bridgehead atoms. The van der Waals surface area contributed by atoms with Gasteiger partial charge in [-0.2, -0.15) is 4.98 Å². The van der Waals surface area contributed by atoms with E-state index in [0.717, 1.165) is 37.9 Å². The second-order valence-electron chi connectivity index (χ2n) is 7.41.